The summed E-state index contributed by atoms with van der Waals surface area (Å²) in [5.74, 6) is -1.61. The number of alkyl carbamates (subject to hydrolysis) is 1. The van der Waals surface area contributed by atoms with E-state index in [2.05, 4.69) is 10.1 Å². The normalized spacial score (nSPS) is 12.4. The molecule has 1 atom stereocenters. The van der Waals surface area contributed by atoms with Crippen molar-refractivity contribution in [3.05, 3.63) is 29.6 Å². The van der Waals surface area contributed by atoms with Crippen molar-refractivity contribution in [2.24, 2.45) is 0 Å². The van der Waals surface area contributed by atoms with E-state index in [0.717, 1.165) is 12.1 Å². The van der Waals surface area contributed by atoms with Crippen LogP contribution in [-0.2, 0) is 20.7 Å². The second-order valence-corrected chi connectivity index (χ2v) is 5.70. The molecule has 1 aromatic rings. The van der Waals surface area contributed by atoms with Gasteiger partial charge in [-0.25, -0.2) is 14.0 Å². The predicted molar refractivity (Wildman–Crippen MR) is 76.9 cm³/mol. The largest absolute Gasteiger partial charge is 0.508 e. The number of halogens is 1. The minimum atomic E-state index is -1.06. The maximum atomic E-state index is 13.0. The van der Waals surface area contributed by atoms with Crippen molar-refractivity contribution >= 4 is 12.1 Å². The van der Waals surface area contributed by atoms with Gasteiger partial charge in [0.2, 0.25) is 0 Å². The first-order valence-corrected chi connectivity index (χ1v) is 6.67. The number of rotatable bonds is 4. The molecule has 0 aliphatic rings. The second kappa shape index (κ2) is 7.11. The number of phenols is 1. The van der Waals surface area contributed by atoms with Gasteiger partial charge in [0.1, 0.15) is 23.2 Å². The standard InChI is InChI=1S/C15H20FNO5/c1-15(2,3)22-14(20)17-11(13(19)21-4)7-9-5-6-10(16)8-12(9)18/h5-6,8,11,18H,7H2,1-4H3,(H,17,20)/t11-/m0/s1. The Kier molecular flexibility index (Phi) is 5.73. The average Bonchev–Trinajstić information content (AvgIpc) is 2.37. The molecule has 0 heterocycles. The molecule has 0 saturated heterocycles. The topological polar surface area (TPSA) is 84.9 Å². The van der Waals surface area contributed by atoms with Crippen molar-refractivity contribution in [3.63, 3.8) is 0 Å². The van der Waals surface area contributed by atoms with Crippen molar-refractivity contribution in [3.8, 4) is 5.75 Å². The smallest absolute Gasteiger partial charge is 0.408 e. The van der Waals surface area contributed by atoms with Crippen LogP contribution in [0.3, 0.4) is 0 Å². The number of hydrogen-bond acceptors (Lipinski definition) is 5. The van der Waals surface area contributed by atoms with Gasteiger partial charge in [-0.3, -0.25) is 0 Å². The fraction of sp³-hybridized carbons (Fsp3) is 0.467. The first-order chi connectivity index (χ1) is 10.1. The van der Waals surface area contributed by atoms with E-state index in [1.54, 1.807) is 20.8 Å². The number of nitrogens with one attached hydrogen (secondary N) is 1. The molecule has 22 heavy (non-hydrogen) atoms. The van der Waals surface area contributed by atoms with Gasteiger partial charge < -0.3 is 19.9 Å². The van der Waals surface area contributed by atoms with Crippen LogP contribution < -0.4 is 5.32 Å². The highest BCUT2D eigenvalue weighted by molar-refractivity contribution is 5.81. The van der Waals surface area contributed by atoms with Crippen molar-refractivity contribution in [1.82, 2.24) is 5.32 Å². The first-order valence-electron chi connectivity index (χ1n) is 6.67. The molecule has 2 N–H and O–H groups in total. The summed E-state index contributed by atoms with van der Waals surface area (Å²) in [6.45, 7) is 5.06. The molecule has 0 bridgehead atoms. The van der Waals surface area contributed by atoms with E-state index in [4.69, 9.17) is 4.74 Å². The van der Waals surface area contributed by atoms with Gasteiger partial charge in [-0.1, -0.05) is 6.07 Å². The molecule has 0 fully saturated rings. The molecule has 0 aliphatic heterocycles. The molecular formula is C15H20FNO5. The Morgan fingerprint density at radius 1 is 1.36 bits per heavy atom. The molecule has 0 aliphatic carbocycles. The molecular weight excluding hydrogens is 293 g/mol. The number of esters is 1. The van der Waals surface area contributed by atoms with Crippen LogP contribution in [0, 0.1) is 5.82 Å². The van der Waals surface area contributed by atoms with Gasteiger partial charge in [0.15, 0.2) is 0 Å². The number of benzene rings is 1. The van der Waals surface area contributed by atoms with Crippen LogP contribution in [0.2, 0.25) is 0 Å². The summed E-state index contributed by atoms with van der Waals surface area (Å²) in [7, 11) is 1.18. The van der Waals surface area contributed by atoms with E-state index in [0.29, 0.717) is 5.56 Å². The maximum absolute atomic E-state index is 13.0. The monoisotopic (exact) mass is 313 g/mol. The van der Waals surface area contributed by atoms with E-state index in [1.165, 1.54) is 13.2 Å². The zero-order valence-electron chi connectivity index (χ0n) is 13.0. The Balaban J connectivity index is 2.85. The summed E-state index contributed by atoms with van der Waals surface area (Å²) < 4.78 is 22.6. The average molecular weight is 313 g/mol. The molecule has 0 unspecified atom stereocenters. The van der Waals surface area contributed by atoms with Gasteiger partial charge >= 0.3 is 12.1 Å². The van der Waals surface area contributed by atoms with E-state index in [9.17, 15) is 19.1 Å². The van der Waals surface area contributed by atoms with Crippen molar-refractivity contribution in [2.75, 3.05) is 7.11 Å². The number of phenolic OH excluding ortho intramolecular Hbond substituents is 1. The van der Waals surface area contributed by atoms with E-state index < -0.39 is 29.5 Å². The third-order valence-electron chi connectivity index (χ3n) is 2.65. The molecule has 0 spiro atoms. The van der Waals surface area contributed by atoms with Crippen LogP contribution in [-0.4, -0.2) is 35.9 Å². The van der Waals surface area contributed by atoms with Crippen LogP contribution in [0.1, 0.15) is 26.3 Å². The summed E-state index contributed by atoms with van der Waals surface area (Å²) in [6, 6.07) is 2.35. The van der Waals surface area contributed by atoms with Crippen molar-refractivity contribution < 1.29 is 28.6 Å². The summed E-state index contributed by atoms with van der Waals surface area (Å²) >= 11 is 0. The molecule has 6 nitrogen and oxygen atoms in total. The lowest BCUT2D eigenvalue weighted by atomic mass is 10.0. The number of carbonyl (C=O) groups is 2. The Bertz CT molecular complexity index is 553. The number of ether oxygens (including phenoxy) is 2. The summed E-state index contributed by atoms with van der Waals surface area (Å²) in [5, 5.41) is 12.1. The lowest BCUT2D eigenvalue weighted by molar-refractivity contribution is -0.143. The zero-order chi connectivity index (χ0) is 16.9. The highest BCUT2D eigenvalue weighted by Crippen LogP contribution is 2.20. The highest BCUT2D eigenvalue weighted by atomic mass is 19.1. The van der Waals surface area contributed by atoms with Gasteiger partial charge in [-0.2, -0.15) is 0 Å². The SMILES string of the molecule is COC(=O)[C@H](Cc1ccc(F)cc1O)NC(=O)OC(C)(C)C. The molecule has 1 rings (SSSR count). The molecule has 0 aromatic heterocycles. The third-order valence-corrected chi connectivity index (χ3v) is 2.65. The summed E-state index contributed by atoms with van der Waals surface area (Å²) in [4.78, 5) is 23.5. The molecule has 122 valence electrons. The van der Waals surface area contributed by atoms with Crippen molar-refractivity contribution in [1.29, 1.82) is 0 Å². The van der Waals surface area contributed by atoms with Crippen LogP contribution in [0.5, 0.6) is 5.75 Å². The van der Waals surface area contributed by atoms with Gasteiger partial charge in [-0.15, -0.1) is 0 Å². The Morgan fingerprint density at radius 2 is 2.00 bits per heavy atom. The Hall–Kier alpha value is -2.31. The lowest BCUT2D eigenvalue weighted by Gasteiger charge is -2.22. The quantitative estimate of drug-likeness (QED) is 0.832. The van der Waals surface area contributed by atoms with Crippen molar-refractivity contribution in [2.45, 2.75) is 38.8 Å². The third kappa shape index (κ3) is 5.59. The number of aromatic hydroxyl groups is 1. The minimum Gasteiger partial charge on any atom is -0.508 e. The molecule has 1 aromatic carbocycles. The van der Waals surface area contributed by atoms with Crippen LogP contribution in [0.25, 0.3) is 0 Å². The molecule has 0 radical (unpaired) electrons. The van der Waals surface area contributed by atoms with Gasteiger partial charge in [0.05, 0.1) is 7.11 Å². The fourth-order valence-corrected chi connectivity index (χ4v) is 1.71. The minimum absolute atomic E-state index is 0.0575. The zero-order valence-corrected chi connectivity index (χ0v) is 13.0. The molecule has 7 heteroatoms. The predicted octanol–water partition coefficient (Wildman–Crippen LogP) is 2.14. The Labute approximate surface area is 128 Å². The number of amides is 1. The maximum Gasteiger partial charge on any atom is 0.408 e. The van der Waals surface area contributed by atoms with Gasteiger partial charge in [-0.05, 0) is 32.4 Å². The summed E-state index contributed by atoms with van der Waals surface area (Å²) in [6.07, 6.45) is -0.845. The lowest BCUT2D eigenvalue weighted by Crippen LogP contribution is -2.45. The second-order valence-electron chi connectivity index (χ2n) is 5.70. The van der Waals surface area contributed by atoms with E-state index in [-0.39, 0.29) is 12.2 Å². The van der Waals surface area contributed by atoms with Gasteiger partial charge in [0, 0.05) is 12.5 Å². The van der Waals surface area contributed by atoms with E-state index in [1.807, 2.05) is 0 Å². The van der Waals surface area contributed by atoms with Crippen LogP contribution >= 0.6 is 0 Å². The van der Waals surface area contributed by atoms with E-state index >= 15 is 0 Å². The highest BCUT2D eigenvalue weighted by Gasteiger charge is 2.26. The summed E-state index contributed by atoms with van der Waals surface area (Å²) in [5.41, 5.74) is -0.421. The van der Waals surface area contributed by atoms with Crippen LogP contribution in [0.4, 0.5) is 9.18 Å². The van der Waals surface area contributed by atoms with Gasteiger partial charge in [0.25, 0.3) is 0 Å². The molecule has 0 saturated carbocycles. The number of methoxy groups -OCH3 is 1. The first kappa shape index (κ1) is 17.7. The molecule has 1 amide bonds. The number of carbonyl (C=O) groups excluding carboxylic acids is 2. The van der Waals surface area contributed by atoms with Crippen LogP contribution in [0.15, 0.2) is 18.2 Å². The number of hydrogen-bond donors (Lipinski definition) is 2. The Morgan fingerprint density at radius 3 is 2.50 bits per heavy atom. The fourth-order valence-electron chi connectivity index (χ4n) is 1.71.